The maximum Gasteiger partial charge on any atom is 0.332 e. The number of rotatable bonds is 13. The highest BCUT2D eigenvalue weighted by atomic mass is 28.4. The smallest absolute Gasteiger partial charge is 0.332 e. The first-order valence-electron chi connectivity index (χ1n) is 18.1. The molecule has 2 aromatic carbocycles. The van der Waals surface area contributed by atoms with Gasteiger partial charge in [0.05, 0.1) is 19.5 Å². The number of nitrogens with one attached hydrogen (secondary N) is 1. The van der Waals surface area contributed by atoms with E-state index in [9.17, 15) is 9.18 Å². The Morgan fingerprint density at radius 2 is 1.56 bits per heavy atom. The molecule has 0 amide bonds. The van der Waals surface area contributed by atoms with Crippen molar-refractivity contribution in [3.05, 3.63) is 95.4 Å². The molecule has 10 nitrogen and oxygen atoms in total. The SMILES string of the molecule is COc1ncc(F)cc1Nc1ncc2c(n1)n([C@H]1CC[C@H](O[Si](c3ccccc3)(c3ccccc3)C(C)(C)C)CC1)c(=O)n2COCC[Si](C)(C)C. The van der Waals surface area contributed by atoms with Crippen LogP contribution in [0.4, 0.5) is 16.0 Å². The maximum absolute atomic E-state index is 14.3. The Hall–Kier alpha value is -4.18. The van der Waals surface area contributed by atoms with Crippen LogP contribution >= 0.6 is 0 Å². The highest BCUT2D eigenvalue weighted by Crippen LogP contribution is 2.41. The lowest BCUT2D eigenvalue weighted by Gasteiger charge is -2.46. The van der Waals surface area contributed by atoms with E-state index in [4.69, 9.17) is 18.9 Å². The standard InChI is InChI=1S/C39H51FN6O4Si2/c1-39(2,3)52(31-14-10-8-11-15-31,32-16-12-9-13-17-32)50-30-20-18-29(19-21-30)46-35-34(45(38(46)47)27-49-22-23-51(5,6)7)26-42-37(44-35)43-33-24-28(40)25-41-36(33)48-4/h8-17,24-26,29-30H,18-23,27H2,1-7H3,(H,42,43,44)/t29-,30-. The number of methoxy groups -OCH3 is 1. The van der Waals surface area contributed by atoms with Crippen LogP contribution in [0.3, 0.4) is 0 Å². The molecule has 3 heterocycles. The number of fused-ring (bicyclic) bond motifs is 1. The van der Waals surface area contributed by atoms with Crippen LogP contribution in [0.15, 0.2) is 83.9 Å². The van der Waals surface area contributed by atoms with E-state index in [-0.39, 0.29) is 47.1 Å². The monoisotopic (exact) mass is 742 g/mol. The van der Waals surface area contributed by atoms with Crippen LogP contribution in [0.2, 0.25) is 30.7 Å². The molecule has 0 bridgehead atoms. The Morgan fingerprint density at radius 3 is 2.13 bits per heavy atom. The summed E-state index contributed by atoms with van der Waals surface area (Å²) in [6, 6.07) is 23.6. The molecule has 5 aromatic rings. The second kappa shape index (κ2) is 15.4. The van der Waals surface area contributed by atoms with Gasteiger partial charge in [0.1, 0.15) is 23.8 Å². The largest absolute Gasteiger partial charge is 0.480 e. The summed E-state index contributed by atoms with van der Waals surface area (Å²) in [5, 5.41) is 5.42. The third-order valence-corrected chi connectivity index (χ3v) is 16.7. The lowest BCUT2D eigenvalue weighted by molar-refractivity contribution is 0.0858. The Bertz CT molecular complexity index is 1980. The molecule has 0 unspecified atom stereocenters. The molecule has 1 aliphatic rings. The number of pyridine rings is 1. The van der Waals surface area contributed by atoms with E-state index < -0.39 is 22.2 Å². The van der Waals surface area contributed by atoms with Crippen LogP contribution in [-0.4, -0.2) is 60.3 Å². The predicted molar refractivity (Wildman–Crippen MR) is 210 cm³/mol. The summed E-state index contributed by atoms with van der Waals surface area (Å²) in [6.45, 7) is 14.5. The topological polar surface area (TPSA) is 105 Å². The molecule has 3 aromatic heterocycles. The second-order valence-corrected chi connectivity index (χ2v) is 25.8. The van der Waals surface area contributed by atoms with Crippen LogP contribution in [0.25, 0.3) is 11.2 Å². The molecule has 1 aliphatic carbocycles. The molecule has 0 aliphatic heterocycles. The van der Waals surface area contributed by atoms with Crippen LogP contribution < -0.4 is 26.1 Å². The predicted octanol–water partition coefficient (Wildman–Crippen LogP) is 7.25. The summed E-state index contributed by atoms with van der Waals surface area (Å²) in [4.78, 5) is 27.6. The number of hydrogen-bond donors (Lipinski definition) is 1. The number of nitrogens with zero attached hydrogens (tertiary/aromatic N) is 5. The second-order valence-electron chi connectivity index (χ2n) is 15.9. The van der Waals surface area contributed by atoms with Crippen molar-refractivity contribution in [1.82, 2.24) is 24.1 Å². The summed E-state index contributed by atoms with van der Waals surface area (Å²) >= 11 is 0. The van der Waals surface area contributed by atoms with Gasteiger partial charge in [0.25, 0.3) is 8.32 Å². The third-order valence-electron chi connectivity index (χ3n) is 9.95. The third kappa shape index (κ3) is 7.92. The first-order valence-corrected chi connectivity index (χ1v) is 23.7. The van der Waals surface area contributed by atoms with Gasteiger partial charge in [-0.1, -0.05) is 101 Å². The highest BCUT2D eigenvalue weighted by Gasteiger charge is 2.51. The minimum absolute atomic E-state index is 0.0244. The molecule has 52 heavy (non-hydrogen) atoms. The van der Waals surface area contributed by atoms with Gasteiger partial charge in [-0.25, -0.2) is 19.2 Å². The van der Waals surface area contributed by atoms with Crippen molar-refractivity contribution < 1.29 is 18.3 Å². The molecule has 1 fully saturated rings. The number of aromatic nitrogens is 5. The summed E-state index contributed by atoms with van der Waals surface area (Å²) < 4.78 is 36.4. The molecule has 1 saturated carbocycles. The molecular formula is C39H51FN6O4Si2. The summed E-state index contributed by atoms with van der Waals surface area (Å²) in [5.41, 5.74) is 1.18. The number of hydrogen-bond acceptors (Lipinski definition) is 8. The summed E-state index contributed by atoms with van der Waals surface area (Å²) in [5.74, 6) is -0.123. The van der Waals surface area contributed by atoms with Crippen LogP contribution in [0, 0.1) is 5.82 Å². The molecule has 0 radical (unpaired) electrons. The molecule has 6 rings (SSSR count). The van der Waals surface area contributed by atoms with Crippen molar-refractivity contribution in [3.8, 4) is 5.88 Å². The van der Waals surface area contributed by atoms with Crippen molar-refractivity contribution in [3.63, 3.8) is 0 Å². The Balaban J connectivity index is 1.31. The zero-order valence-electron chi connectivity index (χ0n) is 31.4. The van der Waals surface area contributed by atoms with E-state index in [0.717, 1.165) is 37.9 Å². The highest BCUT2D eigenvalue weighted by molar-refractivity contribution is 6.99. The van der Waals surface area contributed by atoms with Crippen molar-refractivity contribution in [1.29, 1.82) is 0 Å². The fourth-order valence-electron chi connectivity index (χ4n) is 7.27. The van der Waals surface area contributed by atoms with E-state index in [1.54, 1.807) is 15.3 Å². The number of ether oxygens (including phenoxy) is 2. The number of imidazole rings is 1. The average molecular weight is 743 g/mol. The van der Waals surface area contributed by atoms with E-state index in [1.165, 1.54) is 23.5 Å². The number of anilines is 2. The Morgan fingerprint density at radius 1 is 0.923 bits per heavy atom. The summed E-state index contributed by atoms with van der Waals surface area (Å²) in [7, 11) is -2.60. The first-order chi connectivity index (χ1) is 24.8. The fourth-order valence-corrected chi connectivity index (χ4v) is 12.8. The zero-order chi connectivity index (χ0) is 37.1. The van der Waals surface area contributed by atoms with Crippen molar-refractivity contribution in [2.24, 2.45) is 0 Å². The van der Waals surface area contributed by atoms with E-state index in [0.29, 0.717) is 17.8 Å². The Kier molecular flexibility index (Phi) is 11.2. The van der Waals surface area contributed by atoms with Crippen molar-refractivity contribution >= 4 is 49.6 Å². The van der Waals surface area contributed by atoms with Gasteiger partial charge in [-0.3, -0.25) is 9.13 Å². The van der Waals surface area contributed by atoms with E-state index in [2.05, 4.69) is 116 Å². The fraction of sp³-hybridized carbons (Fsp3) is 0.436. The minimum Gasteiger partial charge on any atom is -0.480 e. The Labute approximate surface area is 307 Å². The van der Waals surface area contributed by atoms with Gasteiger partial charge in [-0.05, 0) is 47.1 Å². The number of halogens is 1. The van der Waals surface area contributed by atoms with Crippen LogP contribution in [0.5, 0.6) is 5.88 Å². The van der Waals surface area contributed by atoms with E-state index >= 15 is 0 Å². The van der Waals surface area contributed by atoms with Gasteiger partial charge < -0.3 is 19.2 Å². The minimum atomic E-state index is -2.73. The summed E-state index contributed by atoms with van der Waals surface area (Å²) in [6.07, 6.45) is 5.81. The zero-order valence-corrected chi connectivity index (χ0v) is 33.4. The molecule has 1 N–H and O–H groups in total. The molecular weight excluding hydrogens is 692 g/mol. The molecule has 0 saturated heterocycles. The van der Waals surface area contributed by atoms with Gasteiger partial charge in [0, 0.05) is 32.9 Å². The first kappa shape index (κ1) is 37.6. The van der Waals surface area contributed by atoms with Gasteiger partial charge in [-0.2, -0.15) is 4.98 Å². The normalized spacial score (nSPS) is 17.0. The molecule has 0 atom stereocenters. The average Bonchev–Trinajstić information content (AvgIpc) is 3.39. The van der Waals surface area contributed by atoms with Gasteiger partial charge in [0.15, 0.2) is 5.65 Å². The quantitative estimate of drug-likeness (QED) is 0.0994. The van der Waals surface area contributed by atoms with Gasteiger partial charge in [0.2, 0.25) is 11.8 Å². The lowest BCUT2D eigenvalue weighted by Crippen LogP contribution is -2.67. The van der Waals surface area contributed by atoms with Crippen molar-refractivity contribution in [2.75, 3.05) is 19.0 Å². The van der Waals surface area contributed by atoms with Gasteiger partial charge >= 0.3 is 5.69 Å². The lowest BCUT2D eigenvalue weighted by atomic mass is 9.93. The van der Waals surface area contributed by atoms with Gasteiger partial charge in [-0.15, -0.1) is 0 Å². The molecule has 276 valence electrons. The molecule has 0 spiro atoms. The maximum atomic E-state index is 14.3. The number of benzene rings is 2. The van der Waals surface area contributed by atoms with Crippen molar-refractivity contribution in [2.45, 2.75) is 96.1 Å². The van der Waals surface area contributed by atoms with Crippen LogP contribution in [-0.2, 0) is 15.9 Å². The van der Waals surface area contributed by atoms with Crippen LogP contribution in [0.1, 0.15) is 52.5 Å². The molecule has 13 heteroatoms. The van der Waals surface area contributed by atoms with E-state index in [1.807, 2.05) is 0 Å².